The van der Waals surface area contributed by atoms with Crippen LogP contribution in [0.1, 0.15) is 18.9 Å². The van der Waals surface area contributed by atoms with Crippen LogP contribution in [-0.4, -0.2) is 0 Å². The maximum absolute atomic E-state index is 13.1. The number of alkyl halides is 2. The molecule has 0 fully saturated rings. The van der Waals surface area contributed by atoms with Gasteiger partial charge in [-0.25, -0.2) is 8.78 Å². The molecule has 72 valence electrons. The number of nitrogens with one attached hydrogen (secondary N) is 1. The Hall–Kier alpha value is -1.16. The van der Waals surface area contributed by atoms with Crippen molar-refractivity contribution in [2.75, 3.05) is 5.43 Å². The van der Waals surface area contributed by atoms with Gasteiger partial charge in [0.25, 0.3) is 5.92 Å². The molecule has 0 saturated heterocycles. The van der Waals surface area contributed by atoms with Crippen LogP contribution in [0.25, 0.3) is 0 Å². The second-order valence-electron chi connectivity index (χ2n) is 2.78. The van der Waals surface area contributed by atoms with Crippen LogP contribution >= 0.6 is 0 Å². The predicted octanol–water partition coefficient (Wildman–Crippen LogP) is 2.47. The van der Waals surface area contributed by atoms with Crippen LogP contribution in [-0.2, 0) is 5.92 Å². The number of nitrogen functional groups attached to an aromatic ring is 1. The van der Waals surface area contributed by atoms with Gasteiger partial charge in [-0.3, -0.25) is 5.84 Å². The average molecular weight is 186 g/mol. The highest BCUT2D eigenvalue weighted by molar-refractivity contribution is 5.44. The fourth-order valence-corrected chi connectivity index (χ4v) is 1.01. The molecular weight excluding hydrogens is 174 g/mol. The Morgan fingerprint density at radius 3 is 2.23 bits per heavy atom. The molecule has 1 aromatic rings. The lowest BCUT2D eigenvalue weighted by molar-refractivity contribution is -0.00826. The number of benzene rings is 1. The van der Waals surface area contributed by atoms with Crippen molar-refractivity contribution in [1.29, 1.82) is 0 Å². The summed E-state index contributed by atoms with van der Waals surface area (Å²) in [5.41, 5.74) is 3.02. The van der Waals surface area contributed by atoms with Crippen molar-refractivity contribution in [1.82, 2.24) is 0 Å². The maximum atomic E-state index is 13.1. The van der Waals surface area contributed by atoms with Gasteiger partial charge in [-0.1, -0.05) is 19.1 Å². The van der Waals surface area contributed by atoms with Crippen LogP contribution in [0.2, 0.25) is 0 Å². The number of hydrogen-bond donors (Lipinski definition) is 2. The topological polar surface area (TPSA) is 38.0 Å². The lowest BCUT2D eigenvalue weighted by Gasteiger charge is -2.14. The molecular formula is C9H12F2N2. The van der Waals surface area contributed by atoms with E-state index in [2.05, 4.69) is 5.43 Å². The molecule has 1 rings (SSSR count). The van der Waals surface area contributed by atoms with Crippen molar-refractivity contribution in [3.05, 3.63) is 29.8 Å². The van der Waals surface area contributed by atoms with E-state index in [4.69, 9.17) is 5.84 Å². The Morgan fingerprint density at radius 2 is 1.85 bits per heavy atom. The Kier molecular flexibility index (Phi) is 2.83. The van der Waals surface area contributed by atoms with Crippen LogP contribution in [0.15, 0.2) is 24.3 Å². The minimum Gasteiger partial charge on any atom is -0.324 e. The fourth-order valence-electron chi connectivity index (χ4n) is 1.01. The van der Waals surface area contributed by atoms with Crippen molar-refractivity contribution < 1.29 is 8.78 Å². The van der Waals surface area contributed by atoms with Crippen molar-refractivity contribution >= 4 is 5.69 Å². The van der Waals surface area contributed by atoms with Crippen LogP contribution in [0.5, 0.6) is 0 Å². The van der Waals surface area contributed by atoms with E-state index in [-0.39, 0.29) is 12.0 Å². The van der Waals surface area contributed by atoms with E-state index >= 15 is 0 Å². The van der Waals surface area contributed by atoms with Gasteiger partial charge in [0.2, 0.25) is 0 Å². The molecule has 0 heterocycles. The van der Waals surface area contributed by atoms with Gasteiger partial charge in [0.05, 0.1) is 0 Å². The first-order chi connectivity index (χ1) is 6.10. The van der Waals surface area contributed by atoms with Crippen LogP contribution in [0.4, 0.5) is 14.5 Å². The minimum atomic E-state index is -2.74. The monoisotopic (exact) mass is 186 g/mol. The second-order valence-corrected chi connectivity index (χ2v) is 2.78. The van der Waals surface area contributed by atoms with Gasteiger partial charge in [0.1, 0.15) is 0 Å². The molecule has 0 aromatic heterocycles. The number of anilines is 1. The van der Waals surface area contributed by atoms with E-state index < -0.39 is 5.92 Å². The van der Waals surface area contributed by atoms with Crippen LogP contribution in [0, 0.1) is 0 Å². The minimum absolute atomic E-state index is 0.0222. The van der Waals surface area contributed by atoms with E-state index in [0.29, 0.717) is 5.69 Å². The third-order valence-electron chi connectivity index (χ3n) is 1.92. The highest BCUT2D eigenvalue weighted by Crippen LogP contribution is 2.31. The molecule has 0 aliphatic heterocycles. The number of hydrazine groups is 1. The summed E-state index contributed by atoms with van der Waals surface area (Å²) in [5.74, 6) is 2.36. The summed E-state index contributed by atoms with van der Waals surface area (Å²) in [6.07, 6.45) is -0.192. The predicted molar refractivity (Wildman–Crippen MR) is 48.4 cm³/mol. The van der Waals surface area contributed by atoms with Gasteiger partial charge in [-0.2, -0.15) is 0 Å². The quantitative estimate of drug-likeness (QED) is 0.562. The molecule has 0 atom stereocenters. The summed E-state index contributed by atoms with van der Waals surface area (Å²) in [5, 5.41) is 0. The highest BCUT2D eigenvalue weighted by Gasteiger charge is 2.28. The Labute approximate surface area is 75.7 Å². The van der Waals surface area contributed by atoms with Gasteiger partial charge in [-0.15, -0.1) is 0 Å². The molecule has 13 heavy (non-hydrogen) atoms. The smallest absolute Gasteiger partial charge is 0.273 e. The maximum Gasteiger partial charge on any atom is 0.273 e. The number of halogens is 2. The summed E-state index contributed by atoms with van der Waals surface area (Å²) in [6, 6.07) is 5.80. The van der Waals surface area contributed by atoms with Crippen molar-refractivity contribution in [2.24, 2.45) is 5.84 Å². The molecule has 0 saturated carbocycles. The van der Waals surface area contributed by atoms with Gasteiger partial charge < -0.3 is 5.43 Å². The average Bonchev–Trinajstić information content (AvgIpc) is 2.18. The summed E-state index contributed by atoms with van der Waals surface area (Å²) >= 11 is 0. The lowest BCUT2D eigenvalue weighted by Crippen LogP contribution is -2.12. The van der Waals surface area contributed by atoms with Crippen molar-refractivity contribution in [3.8, 4) is 0 Å². The molecule has 4 heteroatoms. The number of nitrogens with two attached hydrogens (primary N) is 1. The largest absolute Gasteiger partial charge is 0.324 e. The van der Waals surface area contributed by atoms with Gasteiger partial charge in [0, 0.05) is 17.7 Å². The van der Waals surface area contributed by atoms with E-state index in [1.165, 1.54) is 31.2 Å². The van der Waals surface area contributed by atoms with E-state index in [1.807, 2.05) is 0 Å². The molecule has 1 aromatic carbocycles. The van der Waals surface area contributed by atoms with Gasteiger partial charge in [-0.05, 0) is 12.1 Å². The first-order valence-electron chi connectivity index (χ1n) is 4.05. The third-order valence-corrected chi connectivity index (χ3v) is 1.92. The van der Waals surface area contributed by atoms with E-state index in [0.717, 1.165) is 0 Å². The molecule has 0 unspecified atom stereocenters. The molecule has 3 N–H and O–H groups in total. The third kappa shape index (κ3) is 2.15. The normalized spacial score (nSPS) is 11.4. The summed E-state index contributed by atoms with van der Waals surface area (Å²) < 4.78 is 26.1. The molecule has 0 spiro atoms. The first-order valence-corrected chi connectivity index (χ1v) is 4.05. The molecule has 0 aliphatic carbocycles. The molecule has 2 nitrogen and oxygen atoms in total. The van der Waals surface area contributed by atoms with Gasteiger partial charge in [0.15, 0.2) is 0 Å². The molecule has 0 radical (unpaired) electrons. The van der Waals surface area contributed by atoms with Crippen LogP contribution < -0.4 is 11.3 Å². The summed E-state index contributed by atoms with van der Waals surface area (Å²) in [4.78, 5) is 0. The number of hydrogen-bond acceptors (Lipinski definition) is 2. The zero-order valence-electron chi connectivity index (χ0n) is 7.35. The van der Waals surface area contributed by atoms with E-state index in [9.17, 15) is 8.78 Å². The second kappa shape index (κ2) is 3.70. The Morgan fingerprint density at radius 1 is 1.31 bits per heavy atom. The van der Waals surface area contributed by atoms with Gasteiger partial charge >= 0.3 is 0 Å². The molecule has 0 bridgehead atoms. The van der Waals surface area contributed by atoms with E-state index in [1.54, 1.807) is 0 Å². The Balaban J connectivity index is 2.92. The summed E-state index contributed by atoms with van der Waals surface area (Å²) in [7, 11) is 0. The van der Waals surface area contributed by atoms with Crippen molar-refractivity contribution in [3.63, 3.8) is 0 Å². The SMILES string of the molecule is CCC(F)(F)c1ccc(NN)cc1. The molecule has 0 aliphatic rings. The number of rotatable bonds is 3. The highest BCUT2D eigenvalue weighted by atomic mass is 19.3. The van der Waals surface area contributed by atoms with Crippen molar-refractivity contribution in [2.45, 2.75) is 19.3 Å². The summed E-state index contributed by atoms with van der Waals surface area (Å²) in [6.45, 7) is 1.45. The fraction of sp³-hybridized carbons (Fsp3) is 0.333. The molecule has 0 amide bonds. The zero-order chi connectivity index (χ0) is 9.90. The first kappa shape index (κ1) is 9.92. The standard InChI is InChI=1S/C9H12F2N2/c1-2-9(10,11)7-3-5-8(13-12)6-4-7/h3-6,13H,2,12H2,1H3. The zero-order valence-corrected chi connectivity index (χ0v) is 7.35. The van der Waals surface area contributed by atoms with Crippen LogP contribution in [0.3, 0.4) is 0 Å². The Bertz CT molecular complexity index is 269. The lowest BCUT2D eigenvalue weighted by atomic mass is 10.1.